The first-order chi connectivity index (χ1) is 9.93. The lowest BCUT2D eigenvalue weighted by Crippen LogP contribution is -2.33. The maximum absolute atomic E-state index is 11.8. The number of carbonyl (C=O) groups excluding carboxylic acids is 3. The largest absolute Gasteiger partial charge is 0.496 e. The monoisotopic (exact) mass is 373 g/mol. The minimum atomic E-state index is -0.633. The lowest BCUT2D eigenvalue weighted by atomic mass is 10.1. The average Bonchev–Trinajstić information content (AvgIpc) is 2.43. The minimum Gasteiger partial charge on any atom is -0.496 e. The smallest absolute Gasteiger partial charge is 0.287 e. The fourth-order valence-electron chi connectivity index (χ4n) is 1.54. The van der Waals surface area contributed by atoms with Crippen LogP contribution in [0.1, 0.15) is 12.5 Å². The summed E-state index contributed by atoms with van der Waals surface area (Å²) in [6.45, 7) is 1.75. The van der Waals surface area contributed by atoms with Gasteiger partial charge in [0.15, 0.2) is 5.12 Å². The number of benzene rings is 1. The number of methoxy groups -OCH3 is 1. The van der Waals surface area contributed by atoms with Crippen LogP contribution in [0.2, 0.25) is 0 Å². The Morgan fingerprint density at radius 3 is 2.62 bits per heavy atom. The number of thioether (sulfide) groups is 1. The summed E-state index contributed by atoms with van der Waals surface area (Å²) in [5.74, 6) is -0.0227. The second-order valence-electron chi connectivity index (χ2n) is 4.16. The molecule has 0 spiro atoms. The fraction of sp³-hybridized carbons (Fsp3) is 0.357. The Hall–Kier alpha value is -1.34. The van der Waals surface area contributed by atoms with Gasteiger partial charge in [-0.05, 0) is 33.6 Å². The summed E-state index contributed by atoms with van der Waals surface area (Å²) in [4.78, 5) is 34.1. The Kier molecular flexibility index (Phi) is 7.45. The summed E-state index contributed by atoms with van der Waals surface area (Å²) in [6, 6.07) is 5.21. The highest BCUT2D eigenvalue weighted by molar-refractivity contribution is 9.10. The molecule has 0 aliphatic heterocycles. The molecule has 21 heavy (non-hydrogen) atoms. The highest BCUT2D eigenvalue weighted by Crippen LogP contribution is 2.25. The van der Waals surface area contributed by atoms with Gasteiger partial charge in [0.05, 0.1) is 11.6 Å². The maximum Gasteiger partial charge on any atom is 0.287 e. The summed E-state index contributed by atoms with van der Waals surface area (Å²) >= 11 is 4.44. The van der Waals surface area contributed by atoms with Crippen LogP contribution in [0.4, 0.5) is 0 Å². The van der Waals surface area contributed by atoms with Gasteiger partial charge in [0.1, 0.15) is 5.75 Å². The summed E-state index contributed by atoms with van der Waals surface area (Å²) in [5.41, 5.74) is 0.723. The predicted octanol–water partition coefficient (Wildman–Crippen LogP) is 1.97. The molecule has 114 valence electrons. The van der Waals surface area contributed by atoms with E-state index in [4.69, 9.17) is 4.74 Å². The molecule has 0 radical (unpaired) electrons. The molecule has 0 aliphatic rings. The van der Waals surface area contributed by atoms with E-state index in [0.717, 1.165) is 21.8 Å². The topological polar surface area (TPSA) is 72.5 Å². The van der Waals surface area contributed by atoms with Gasteiger partial charge >= 0.3 is 0 Å². The Labute approximate surface area is 135 Å². The first-order valence-corrected chi connectivity index (χ1v) is 7.98. The number of carbonyl (C=O) groups is 3. The molecule has 1 rings (SSSR count). The zero-order valence-corrected chi connectivity index (χ0v) is 14.2. The van der Waals surface area contributed by atoms with E-state index in [1.54, 1.807) is 25.3 Å². The van der Waals surface area contributed by atoms with E-state index in [9.17, 15) is 14.4 Å². The number of halogens is 1. The van der Waals surface area contributed by atoms with Crippen molar-refractivity contribution in [2.75, 3.05) is 19.4 Å². The van der Waals surface area contributed by atoms with Gasteiger partial charge in [-0.1, -0.05) is 17.8 Å². The number of Topliss-reactive ketones (excluding diaryl/α,β-unsaturated/α-hetero) is 1. The molecular formula is C14H16BrNO4S. The van der Waals surface area contributed by atoms with Gasteiger partial charge in [-0.25, -0.2) is 0 Å². The van der Waals surface area contributed by atoms with E-state index in [-0.39, 0.29) is 11.5 Å². The van der Waals surface area contributed by atoms with Crippen LogP contribution in [0, 0.1) is 0 Å². The van der Waals surface area contributed by atoms with Crippen molar-refractivity contribution in [1.82, 2.24) is 5.32 Å². The van der Waals surface area contributed by atoms with Gasteiger partial charge in [0.2, 0.25) is 5.78 Å². The van der Waals surface area contributed by atoms with Crippen LogP contribution in [-0.2, 0) is 20.8 Å². The zero-order valence-electron chi connectivity index (χ0n) is 11.8. The Bertz CT molecular complexity index is 548. The predicted molar refractivity (Wildman–Crippen MR) is 85.6 cm³/mol. The summed E-state index contributed by atoms with van der Waals surface area (Å²) in [5, 5.41) is 2.48. The molecule has 1 aromatic rings. The standard InChI is InChI=1S/C14H16BrNO4S/c1-9(17)21-6-5-16-14(19)12(18)8-10-3-4-13(20-2)11(15)7-10/h3-4,7H,5-6,8H2,1-2H3,(H,16,19). The fourth-order valence-corrected chi connectivity index (χ4v) is 2.62. The number of ketones is 1. The van der Waals surface area contributed by atoms with Gasteiger partial charge in [-0.3, -0.25) is 14.4 Å². The van der Waals surface area contributed by atoms with Crippen LogP contribution in [0.5, 0.6) is 5.75 Å². The van der Waals surface area contributed by atoms with Gasteiger partial charge < -0.3 is 10.1 Å². The second-order valence-corrected chi connectivity index (χ2v) is 6.29. The average molecular weight is 374 g/mol. The van der Waals surface area contributed by atoms with Gasteiger partial charge in [0, 0.05) is 25.6 Å². The molecule has 0 saturated heterocycles. The molecular weight excluding hydrogens is 358 g/mol. The lowest BCUT2D eigenvalue weighted by molar-refractivity contribution is -0.137. The molecule has 1 aromatic carbocycles. The molecule has 0 saturated carbocycles. The number of nitrogens with one attached hydrogen (secondary N) is 1. The molecule has 0 atom stereocenters. The molecule has 5 nitrogen and oxygen atoms in total. The molecule has 7 heteroatoms. The third kappa shape index (κ3) is 6.31. The molecule has 0 fully saturated rings. The van der Waals surface area contributed by atoms with E-state index in [1.165, 1.54) is 6.92 Å². The van der Waals surface area contributed by atoms with Crippen LogP contribution in [0.3, 0.4) is 0 Å². The van der Waals surface area contributed by atoms with Gasteiger partial charge in [-0.15, -0.1) is 0 Å². The second kappa shape index (κ2) is 8.84. The van der Waals surface area contributed by atoms with Crippen molar-refractivity contribution in [3.05, 3.63) is 28.2 Å². The molecule has 1 N–H and O–H groups in total. The normalized spacial score (nSPS) is 10.0. The summed E-state index contributed by atoms with van der Waals surface area (Å²) < 4.78 is 5.83. The van der Waals surface area contributed by atoms with Crippen molar-refractivity contribution in [3.63, 3.8) is 0 Å². The summed E-state index contributed by atoms with van der Waals surface area (Å²) in [7, 11) is 1.55. The van der Waals surface area contributed by atoms with Gasteiger partial charge in [0.25, 0.3) is 5.91 Å². The maximum atomic E-state index is 11.8. The first-order valence-electron chi connectivity index (χ1n) is 6.21. The molecule has 0 aromatic heterocycles. The van der Waals surface area contributed by atoms with Crippen molar-refractivity contribution < 1.29 is 19.1 Å². The molecule has 0 aliphatic carbocycles. The van der Waals surface area contributed by atoms with E-state index in [2.05, 4.69) is 21.2 Å². The molecule has 0 unspecified atom stereocenters. The van der Waals surface area contributed by atoms with Crippen LogP contribution in [-0.4, -0.2) is 36.2 Å². The number of rotatable bonds is 7. The molecule has 0 bridgehead atoms. The Morgan fingerprint density at radius 1 is 1.33 bits per heavy atom. The first kappa shape index (κ1) is 17.7. The quantitative estimate of drug-likeness (QED) is 0.584. The zero-order chi connectivity index (χ0) is 15.8. The minimum absolute atomic E-state index is 0.0151. The third-order valence-corrected chi connectivity index (χ3v) is 3.96. The van der Waals surface area contributed by atoms with Crippen molar-refractivity contribution in [1.29, 1.82) is 0 Å². The van der Waals surface area contributed by atoms with E-state index in [1.807, 2.05) is 0 Å². The number of hydrogen-bond acceptors (Lipinski definition) is 5. The van der Waals surface area contributed by atoms with E-state index < -0.39 is 11.7 Å². The number of amides is 1. The molecule has 1 amide bonds. The van der Waals surface area contributed by atoms with Crippen molar-refractivity contribution in [2.24, 2.45) is 0 Å². The van der Waals surface area contributed by atoms with Crippen LogP contribution in [0.25, 0.3) is 0 Å². The van der Waals surface area contributed by atoms with Gasteiger partial charge in [-0.2, -0.15) is 0 Å². The van der Waals surface area contributed by atoms with Crippen LogP contribution in [0.15, 0.2) is 22.7 Å². The van der Waals surface area contributed by atoms with Crippen LogP contribution >= 0.6 is 27.7 Å². The number of hydrogen-bond donors (Lipinski definition) is 1. The van der Waals surface area contributed by atoms with Crippen molar-refractivity contribution in [3.8, 4) is 5.75 Å². The van der Waals surface area contributed by atoms with E-state index in [0.29, 0.717) is 18.0 Å². The highest BCUT2D eigenvalue weighted by Gasteiger charge is 2.14. The summed E-state index contributed by atoms with van der Waals surface area (Å²) in [6.07, 6.45) is 0.0221. The highest BCUT2D eigenvalue weighted by atomic mass is 79.9. The third-order valence-electron chi connectivity index (χ3n) is 2.53. The number of ether oxygens (including phenoxy) is 1. The SMILES string of the molecule is COc1ccc(CC(=O)C(=O)NCCSC(C)=O)cc1Br. The lowest BCUT2D eigenvalue weighted by Gasteiger charge is -2.06. The van der Waals surface area contributed by atoms with Crippen LogP contribution < -0.4 is 10.1 Å². The van der Waals surface area contributed by atoms with Crippen molar-refractivity contribution >= 4 is 44.5 Å². The van der Waals surface area contributed by atoms with E-state index >= 15 is 0 Å². The molecule has 0 heterocycles. The van der Waals surface area contributed by atoms with Crippen molar-refractivity contribution in [2.45, 2.75) is 13.3 Å². The Morgan fingerprint density at radius 2 is 2.05 bits per heavy atom. The Balaban J connectivity index is 2.47.